The van der Waals surface area contributed by atoms with Gasteiger partial charge in [0.1, 0.15) is 6.73 Å². The first kappa shape index (κ1) is 6.89. The largest absolute Gasteiger partial charge is 0.364 e. The van der Waals surface area contributed by atoms with Crippen LogP contribution in [0.1, 0.15) is 0 Å². The second-order valence-electron chi connectivity index (χ2n) is 1.83. The number of nitrogens with zero attached hydrogens (tertiary/aromatic N) is 1. The molecule has 0 atom stereocenters. The van der Waals surface area contributed by atoms with Crippen LogP contribution in [-0.4, -0.2) is 36.2 Å². The Morgan fingerprint density at radius 2 is 2.67 bits per heavy atom. The van der Waals surface area contributed by atoms with Crippen molar-refractivity contribution >= 4 is 16.9 Å². The van der Waals surface area contributed by atoms with Crippen LogP contribution < -0.4 is 0 Å². The first-order valence-electron chi connectivity index (χ1n) is 2.80. The van der Waals surface area contributed by atoms with Crippen molar-refractivity contribution in [2.45, 2.75) is 0 Å². The van der Waals surface area contributed by atoms with E-state index in [9.17, 15) is 0 Å². The zero-order valence-electron chi connectivity index (χ0n) is 5.39. The summed E-state index contributed by atoms with van der Waals surface area (Å²) in [6.45, 7) is 1.52. The number of hydrogen-bond donors (Lipinski definition) is 1. The van der Waals surface area contributed by atoms with Crippen molar-refractivity contribution in [3.8, 4) is 0 Å². The highest BCUT2D eigenvalue weighted by molar-refractivity contribution is 8.14. The molecule has 0 aliphatic carbocycles. The first-order valence-corrected chi connectivity index (χ1v) is 3.78. The summed E-state index contributed by atoms with van der Waals surface area (Å²) in [5.41, 5.74) is 0. The summed E-state index contributed by atoms with van der Waals surface area (Å²) in [6, 6.07) is 0. The van der Waals surface area contributed by atoms with Crippen LogP contribution >= 0.6 is 11.8 Å². The third-order valence-electron chi connectivity index (χ3n) is 1.17. The minimum absolute atomic E-state index is 0.561. The molecular formula is C5H10N2OS. The molecule has 1 N–H and O–H groups in total. The number of hydrogen-bond acceptors (Lipinski definition) is 3. The molecule has 0 spiro atoms. The molecule has 1 rings (SSSR count). The van der Waals surface area contributed by atoms with Crippen LogP contribution in [0.4, 0.5) is 0 Å². The van der Waals surface area contributed by atoms with Gasteiger partial charge in [0.2, 0.25) is 0 Å². The van der Waals surface area contributed by atoms with Crippen LogP contribution in [0.15, 0.2) is 0 Å². The highest BCUT2D eigenvalue weighted by Crippen LogP contribution is 2.14. The lowest BCUT2D eigenvalue weighted by Gasteiger charge is -2.13. The van der Waals surface area contributed by atoms with E-state index in [-0.39, 0.29) is 0 Å². The fourth-order valence-electron chi connectivity index (χ4n) is 0.724. The zero-order chi connectivity index (χ0) is 6.69. The summed E-state index contributed by atoms with van der Waals surface area (Å²) in [5.74, 6) is 1.03. The molecule has 0 aromatic carbocycles. The Bertz CT molecular complexity index is 118. The van der Waals surface area contributed by atoms with Gasteiger partial charge < -0.3 is 9.64 Å². The maximum Gasteiger partial charge on any atom is 0.158 e. The van der Waals surface area contributed by atoms with E-state index in [4.69, 9.17) is 10.1 Å². The lowest BCUT2D eigenvalue weighted by atomic mass is 10.7. The van der Waals surface area contributed by atoms with E-state index in [1.807, 2.05) is 4.90 Å². The Labute approximate surface area is 58.9 Å². The van der Waals surface area contributed by atoms with Crippen molar-refractivity contribution in [2.75, 3.05) is 26.1 Å². The van der Waals surface area contributed by atoms with Crippen LogP contribution in [-0.2, 0) is 4.74 Å². The fraction of sp³-hybridized carbons (Fsp3) is 0.800. The molecule has 0 aromatic heterocycles. The highest BCUT2D eigenvalue weighted by atomic mass is 32.2. The van der Waals surface area contributed by atoms with Gasteiger partial charge in [-0.25, -0.2) is 0 Å². The zero-order valence-corrected chi connectivity index (χ0v) is 6.20. The van der Waals surface area contributed by atoms with E-state index in [2.05, 4.69) is 0 Å². The van der Waals surface area contributed by atoms with Gasteiger partial charge in [-0.2, -0.15) is 0 Å². The predicted octanol–water partition coefficient (Wildman–Crippen LogP) is 0.574. The Balaban J connectivity index is 2.31. The van der Waals surface area contributed by atoms with Crippen molar-refractivity contribution in [3.63, 3.8) is 0 Å². The van der Waals surface area contributed by atoms with Gasteiger partial charge in [0, 0.05) is 19.4 Å². The molecule has 0 bridgehead atoms. The summed E-state index contributed by atoms with van der Waals surface area (Å²) in [6.07, 6.45) is 0. The Hall–Kier alpha value is -0.220. The molecule has 0 amide bonds. The second kappa shape index (κ2) is 3.08. The average Bonchev–Trinajstić information content (AvgIpc) is 2.18. The predicted molar refractivity (Wildman–Crippen MR) is 38.8 cm³/mol. The quantitative estimate of drug-likeness (QED) is 0.619. The van der Waals surface area contributed by atoms with Gasteiger partial charge in [0.15, 0.2) is 5.17 Å². The number of methoxy groups -OCH3 is 1. The van der Waals surface area contributed by atoms with Gasteiger partial charge in [-0.05, 0) is 0 Å². The summed E-state index contributed by atoms with van der Waals surface area (Å²) < 4.78 is 4.87. The number of ether oxygens (including phenoxy) is 1. The van der Waals surface area contributed by atoms with Crippen molar-refractivity contribution in [3.05, 3.63) is 0 Å². The SMILES string of the molecule is COCN1CCSC1=N. The molecule has 0 radical (unpaired) electrons. The molecule has 1 heterocycles. The van der Waals surface area contributed by atoms with Crippen molar-refractivity contribution in [1.82, 2.24) is 4.90 Å². The maximum absolute atomic E-state index is 7.32. The standard InChI is InChI=1S/C5H10N2OS/c1-8-4-7-2-3-9-5(7)6/h6H,2-4H2,1H3. The molecule has 0 aromatic rings. The van der Waals surface area contributed by atoms with Crippen molar-refractivity contribution in [1.29, 1.82) is 5.41 Å². The monoisotopic (exact) mass is 146 g/mol. The van der Waals surface area contributed by atoms with Crippen LogP contribution in [0.5, 0.6) is 0 Å². The number of rotatable bonds is 2. The van der Waals surface area contributed by atoms with Gasteiger partial charge in [-0.1, -0.05) is 11.8 Å². The van der Waals surface area contributed by atoms with E-state index >= 15 is 0 Å². The first-order chi connectivity index (χ1) is 4.34. The Morgan fingerprint density at radius 3 is 3.11 bits per heavy atom. The van der Waals surface area contributed by atoms with Crippen LogP contribution in [0, 0.1) is 5.41 Å². The highest BCUT2D eigenvalue weighted by Gasteiger charge is 2.15. The lowest BCUT2D eigenvalue weighted by molar-refractivity contribution is 0.117. The van der Waals surface area contributed by atoms with Crippen molar-refractivity contribution in [2.24, 2.45) is 0 Å². The molecular weight excluding hydrogens is 136 g/mol. The smallest absolute Gasteiger partial charge is 0.158 e. The molecule has 0 unspecified atom stereocenters. The van der Waals surface area contributed by atoms with Gasteiger partial charge in [-0.15, -0.1) is 0 Å². The molecule has 4 heteroatoms. The minimum Gasteiger partial charge on any atom is -0.364 e. The fourth-order valence-corrected chi connectivity index (χ4v) is 1.56. The molecule has 1 fully saturated rings. The van der Waals surface area contributed by atoms with E-state index < -0.39 is 0 Å². The summed E-state index contributed by atoms with van der Waals surface area (Å²) >= 11 is 1.57. The number of nitrogens with one attached hydrogen (secondary N) is 1. The van der Waals surface area contributed by atoms with E-state index in [0.717, 1.165) is 12.3 Å². The van der Waals surface area contributed by atoms with E-state index in [1.54, 1.807) is 18.9 Å². The van der Waals surface area contributed by atoms with E-state index in [1.165, 1.54) is 0 Å². The summed E-state index contributed by atoms with van der Waals surface area (Å²) in [4.78, 5) is 1.91. The molecule has 3 nitrogen and oxygen atoms in total. The maximum atomic E-state index is 7.32. The second-order valence-corrected chi connectivity index (χ2v) is 2.92. The lowest BCUT2D eigenvalue weighted by Crippen LogP contribution is -2.25. The average molecular weight is 146 g/mol. The van der Waals surface area contributed by atoms with Gasteiger partial charge in [0.05, 0.1) is 0 Å². The molecule has 52 valence electrons. The van der Waals surface area contributed by atoms with Gasteiger partial charge >= 0.3 is 0 Å². The Kier molecular flexibility index (Phi) is 2.36. The number of amidine groups is 1. The number of thioether (sulfide) groups is 1. The van der Waals surface area contributed by atoms with Crippen molar-refractivity contribution < 1.29 is 4.74 Å². The normalized spacial score (nSPS) is 19.2. The third kappa shape index (κ3) is 1.59. The van der Waals surface area contributed by atoms with Crippen LogP contribution in [0.25, 0.3) is 0 Å². The molecule has 0 saturated carbocycles. The van der Waals surface area contributed by atoms with Crippen LogP contribution in [0.3, 0.4) is 0 Å². The summed E-state index contributed by atoms with van der Waals surface area (Å²) in [7, 11) is 1.65. The van der Waals surface area contributed by atoms with Crippen LogP contribution in [0.2, 0.25) is 0 Å². The molecule has 9 heavy (non-hydrogen) atoms. The summed E-state index contributed by atoms with van der Waals surface area (Å²) in [5, 5.41) is 7.95. The molecule has 1 saturated heterocycles. The van der Waals surface area contributed by atoms with Gasteiger partial charge in [-0.3, -0.25) is 5.41 Å². The Morgan fingerprint density at radius 1 is 1.89 bits per heavy atom. The third-order valence-corrected chi connectivity index (χ3v) is 2.09. The topological polar surface area (TPSA) is 36.3 Å². The minimum atomic E-state index is 0.561. The van der Waals surface area contributed by atoms with Gasteiger partial charge in [0.25, 0.3) is 0 Å². The molecule has 1 aliphatic rings. The molecule has 1 aliphatic heterocycles. The van der Waals surface area contributed by atoms with E-state index in [0.29, 0.717) is 11.9 Å².